The van der Waals surface area contributed by atoms with Crippen molar-refractivity contribution in [3.8, 4) is 0 Å². The Morgan fingerprint density at radius 3 is 2.67 bits per heavy atom. The van der Waals surface area contributed by atoms with Gasteiger partial charge in [0.05, 0.1) is 0 Å². The van der Waals surface area contributed by atoms with Crippen LogP contribution < -0.4 is 5.32 Å². The van der Waals surface area contributed by atoms with Crippen molar-refractivity contribution in [3.63, 3.8) is 0 Å². The van der Waals surface area contributed by atoms with Crippen LogP contribution in [0.1, 0.15) is 30.0 Å². The number of hydrogen-bond acceptors (Lipinski definition) is 2. The summed E-state index contributed by atoms with van der Waals surface area (Å²) in [6.07, 6.45) is 5.98. The Labute approximate surface area is 113 Å². The molecule has 1 saturated heterocycles. The molecule has 0 radical (unpaired) electrons. The number of allylic oxidation sites excluding steroid dienone is 1. The predicted octanol–water partition coefficient (Wildman–Crippen LogP) is 2.72. The first-order valence-electron chi connectivity index (χ1n) is 5.97. The van der Waals surface area contributed by atoms with E-state index in [1.807, 2.05) is 0 Å². The third-order valence-corrected chi connectivity index (χ3v) is 3.06. The zero-order chi connectivity index (χ0) is 12.1. The van der Waals surface area contributed by atoms with Crippen molar-refractivity contribution in [1.82, 2.24) is 5.32 Å². The first-order chi connectivity index (χ1) is 8.25. The largest absolute Gasteiger partial charge is 0.478 e. The van der Waals surface area contributed by atoms with E-state index in [9.17, 15) is 4.79 Å². The molecule has 1 fully saturated rings. The molecule has 0 aromatic heterocycles. The molecule has 1 aliphatic heterocycles. The minimum absolute atomic E-state index is 0. The smallest absolute Gasteiger partial charge is 0.327 e. The molecule has 0 bridgehead atoms. The fourth-order valence-electron chi connectivity index (χ4n) is 2.15. The number of aliphatic carboxylic acids is 1. The van der Waals surface area contributed by atoms with Crippen LogP contribution in [-0.2, 0) is 11.2 Å². The van der Waals surface area contributed by atoms with Crippen LogP contribution in [-0.4, -0.2) is 17.6 Å². The van der Waals surface area contributed by atoms with Crippen LogP contribution in [0, 0.1) is 0 Å². The van der Waals surface area contributed by atoms with Crippen molar-refractivity contribution >= 4 is 18.4 Å². The molecule has 0 spiro atoms. The van der Waals surface area contributed by atoms with Gasteiger partial charge in [0.2, 0.25) is 0 Å². The van der Waals surface area contributed by atoms with E-state index in [1.165, 1.54) is 24.5 Å². The molecular formula is C14H18ClNO2. The molecule has 0 aliphatic carbocycles. The summed E-state index contributed by atoms with van der Waals surface area (Å²) in [5.74, 6) is -0.892. The Balaban J connectivity index is 0.00000162. The molecule has 3 nitrogen and oxygen atoms in total. The van der Waals surface area contributed by atoms with Gasteiger partial charge >= 0.3 is 5.97 Å². The van der Waals surface area contributed by atoms with Gasteiger partial charge in [-0.2, -0.15) is 0 Å². The van der Waals surface area contributed by atoms with Crippen LogP contribution in [0.5, 0.6) is 0 Å². The predicted molar refractivity (Wildman–Crippen MR) is 74.1 cm³/mol. The van der Waals surface area contributed by atoms with Gasteiger partial charge in [-0.1, -0.05) is 30.3 Å². The highest BCUT2D eigenvalue weighted by atomic mass is 35.5. The van der Waals surface area contributed by atoms with Crippen molar-refractivity contribution in [2.75, 3.05) is 6.54 Å². The summed E-state index contributed by atoms with van der Waals surface area (Å²) in [5.41, 5.74) is 2.47. The summed E-state index contributed by atoms with van der Waals surface area (Å²) in [6, 6.07) is 8.90. The molecule has 98 valence electrons. The highest BCUT2D eigenvalue weighted by Gasteiger charge is 2.15. The summed E-state index contributed by atoms with van der Waals surface area (Å²) in [7, 11) is 0. The van der Waals surface area contributed by atoms with Gasteiger partial charge in [0, 0.05) is 12.1 Å². The van der Waals surface area contributed by atoms with E-state index in [4.69, 9.17) is 5.11 Å². The second-order valence-electron chi connectivity index (χ2n) is 4.34. The first-order valence-corrected chi connectivity index (χ1v) is 5.97. The fourth-order valence-corrected chi connectivity index (χ4v) is 2.15. The number of carbonyl (C=O) groups is 1. The topological polar surface area (TPSA) is 49.3 Å². The van der Waals surface area contributed by atoms with Crippen LogP contribution >= 0.6 is 12.4 Å². The third-order valence-electron chi connectivity index (χ3n) is 3.06. The van der Waals surface area contributed by atoms with Crippen LogP contribution in [0.25, 0.3) is 0 Å². The number of halogens is 1. The second kappa shape index (κ2) is 7.19. The summed E-state index contributed by atoms with van der Waals surface area (Å²) in [5, 5.41) is 11.9. The maximum atomic E-state index is 10.3. The lowest BCUT2D eigenvalue weighted by atomic mass is 10.0. The molecule has 2 rings (SSSR count). The minimum atomic E-state index is -0.892. The fraction of sp³-hybridized carbons (Fsp3) is 0.357. The molecule has 1 aliphatic rings. The molecule has 4 heteroatoms. The average Bonchev–Trinajstić information content (AvgIpc) is 2.83. The minimum Gasteiger partial charge on any atom is -0.478 e. The van der Waals surface area contributed by atoms with Crippen LogP contribution in [0.4, 0.5) is 0 Å². The average molecular weight is 268 g/mol. The molecule has 0 saturated carbocycles. The Hall–Kier alpha value is -1.32. The molecule has 2 N–H and O–H groups in total. The first kappa shape index (κ1) is 14.7. The van der Waals surface area contributed by atoms with E-state index >= 15 is 0 Å². The molecule has 0 amide bonds. The highest BCUT2D eigenvalue weighted by molar-refractivity contribution is 5.85. The normalized spacial score (nSPS) is 18.8. The maximum Gasteiger partial charge on any atom is 0.327 e. The van der Waals surface area contributed by atoms with E-state index in [1.54, 1.807) is 6.08 Å². The van der Waals surface area contributed by atoms with Crippen molar-refractivity contribution in [3.05, 3.63) is 47.5 Å². The summed E-state index contributed by atoms with van der Waals surface area (Å²) < 4.78 is 0. The monoisotopic (exact) mass is 267 g/mol. The Morgan fingerprint density at radius 1 is 1.39 bits per heavy atom. The summed E-state index contributed by atoms with van der Waals surface area (Å²) in [4.78, 5) is 10.3. The SMILES string of the molecule is Cl.O=C(O)/C=C/Cc1ccc([C@H]2CCCN2)cc1. The molecule has 1 aromatic carbocycles. The van der Waals surface area contributed by atoms with Gasteiger partial charge < -0.3 is 10.4 Å². The Bertz CT molecular complexity index is 408. The van der Waals surface area contributed by atoms with Crippen molar-refractivity contribution in [2.45, 2.75) is 25.3 Å². The van der Waals surface area contributed by atoms with Gasteiger partial charge in [-0.3, -0.25) is 0 Å². The van der Waals surface area contributed by atoms with Crippen LogP contribution in [0.15, 0.2) is 36.4 Å². The molecule has 18 heavy (non-hydrogen) atoms. The quantitative estimate of drug-likeness (QED) is 0.825. The molecule has 0 unspecified atom stereocenters. The number of rotatable bonds is 4. The lowest BCUT2D eigenvalue weighted by Gasteiger charge is -2.10. The number of carboxylic acids is 1. The van der Waals surface area contributed by atoms with Gasteiger partial charge in [0.15, 0.2) is 0 Å². The lowest BCUT2D eigenvalue weighted by Crippen LogP contribution is -2.12. The van der Waals surface area contributed by atoms with Crippen molar-refractivity contribution in [2.24, 2.45) is 0 Å². The number of nitrogens with one attached hydrogen (secondary N) is 1. The molecule has 1 atom stereocenters. The highest BCUT2D eigenvalue weighted by Crippen LogP contribution is 2.23. The van der Waals surface area contributed by atoms with E-state index < -0.39 is 5.97 Å². The zero-order valence-electron chi connectivity index (χ0n) is 10.1. The summed E-state index contributed by atoms with van der Waals surface area (Å²) >= 11 is 0. The van der Waals surface area contributed by atoms with Gasteiger partial charge in [0.1, 0.15) is 0 Å². The van der Waals surface area contributed by atoms with E-state index in [-0.39, 0.29) is 12.4 Å². The van der Waals surface area contributed by atoms with Crippen LogP contribution in [0.2, 0.25) is 0 Å². The number of benzene rings is 1. The third kappa shape index (κ3) is 4.17. The standard InChI is InChI=1S/C14H17NO2.ClH/c16-14(17)5-1-3-11-6-8-12(9-7-11)13-4-2-10-15-13;/h1,5-9,13,15H,2-4,10H2,(H,16,17);1H/b5-1+;/t13-;/m1./s1. The van der Waals surface area contributed by atoms with Gasteiger partial charge in [-0.15, -0.1) is 12.4 Å². The maximum absolute atomic E-state index is 10.3. The molecule has 1 heterocycles. The van der Waals surface area contributed by atoms with Crippen LogP contribution in [0.3, 0.4) is 0 Å². The Morgan fingerprint density at radius 2 is 2.11 bits per heavy atom. The van der Waals surface area contributed by atoms with Gasteiger partial charge in [-0.05, 0) is 36.9 Å². The van der Waals surface area contributed by atoms with Crippen molar-refractivity contribution in [1.29, 1.82) is 0 Å². The zero-order valence-corrected chi connectivity index (χ0v) is 11.0. The van der Waals surface area contributed by atoms with Gasteiger partial charge in [0.25, 0.3) is 0 Å². The Kier molecular flexibility index (Phi) is 5.89. The summed E-state index contributed by atoms with van der Waals surface area (Å²) in [6.45, 7) is 1.10. The molecule has 1 aromatic rings. The van der Waals surface area contributed by atoms with Gasteiger partial charge in [-0.25, -0.2) is 4.79 Å². The number of hydrogen-bond donors (Lipinski definition) is 2. The molecular weight excluding hydrogens is 250 g/mol. The second-order valence-corrected chi connectivity index (χ2v) is 4.34. The van der Waals surface area contributed by atoms with E-state index in [0.717, 1.165) is 12.1 Å². The van der Waals surface area contributed by atoms with E-state index in [2.05, 4.69) is 29.6 Å². The lowest BCUT2D eigenvalue weighted by molar-refractivity contribution is -0.131. The van der Waals surface area contributed by atoms with Crippen molar-refractivity contribution < 1.29 is 9.90 Å². The number of carboxylic acid groups (broad SMARTS) is 1. The van der Waals surface area contributed by atoms with E-state index in [0.29, 0.717) is 12.5 Å².